The summed E-state index contributed by atoms with van der Waals surface area (Å²) in [4.78, 5) is 53.1. The van der Waals surface area contributed by atoms with Crippen LogP contribution in [0, 0.1) is 11.8 Å². The summed E-state index contributed by atoms with van der Waals surface area (Å²) in [7, 11) is 1.55. The maximum atomic E-state index is 13.6. The fourth-order valence-electron chi connectivity index (χ4n) is 6.75. The van der Waals surface area contributed by atoms with E-state index in [0.717, 1.165) is 0 Å². The molecule has 3 aromatic rings. The van der Waals surface area contributed by atoms with Gasteiger partial charge in [0.15, 0.2) is 12.4 Å². The maximum absolute atomic E-state index is 13.6. The highest BCUT2D eigenvalue weighted by atomic mass is 16.5. The van der Waals surface area contributed by atoms with Gasteiger partial charge >= 0.3 is 5.97 Å². The molecule has 0 unspecified atom stereocenters. The zero-order valence-electron chi connectivity index (χ0n) is 22.4. The van der Waals surface area contributed by atoms with Crippen molar-refractivity contribution in [1.29, 1.82) is 0 Å². The molecule has 0 saturated carbocycles. The number of amides is 2. The third-order valence-corrected chi connectivity index (χ3v) is 8.58. The number of imide groups is 1. The Morgan fingerprint density at radius 1 is 0.725 bits per heavy atom. The van der Waals surface area contributed by atoms with E-state index in [1.54, 1.807) is 31.4 Å². The van der Waals surface area contributed by atoms with Crippen molar-refractivity contribution in [3.8, 4) is 5.75 Å². The molecule has 4 aliphatic rings. The van der Waals surface area contributed by atoms with Crippen LogP contribution >= 0.6 is 0 Å². The molecule has 1 fully saturated rings. The number of ether oxygens (including phenoxy) is 2. The van der Waals surface area contributed by atoms with E-state index in [0.29, 0.717) is 37.1 Å². The topological polar surface area (TPSA) is 90.0 Å². The number of hydrogen-bond acceptors (Lipinski definition) is 6. The molecule has 2 atom stereocenters. The normalized spacial score (nSPS) is 22.0. The zero-order valence-corrected chi connectivity index (χ0v) is 22.4. The molecule has 3 aliphatic carbocycles. The second kappa shape index (κ2) is 10.7. The number of carbonyl (C=O) groups excluding carboxylic acids is 4. The molecule has 0 radical (unpaired) electrons. The first-order valence-electron chi connectivity index (χ1n) is 13.9. The third-order valence-electron chi connectivity index (χ3n) is 8.58. The summed E-state index contributed by atoms with van der Waals surface area (Å²) in [5.41, 5.74) is 5.12. The number of carbonyl (C=O) groups is 4. The minimum atomic E-state index is -0.437. The van der Waals surface area contributed by atoms with E-state index in [-0.39, 0.29) is 54.3 Å². The minimum absolute atomic E-state index is 0.0783. The Bertz CT molecular complexity index is 1360. The van der Waals surface area contributed by atoms with Crippen molar-refractivity contribution >= 4 is 23.6 Å². The Labute approximate surface area is 233 Å². The molecular formula is C33H31NO6. The number of rotatable bonds is 10. The van der Waals surface area contributed by atoms with E-state index >= 15 is 0 Å². The average molecular weight is 538 g/mol. The molecule has 1 heterocycles. The number of benzene rings is 3. The summed E-state index contributed by atoms with van der Waals surface area (Å²) in [6, 6.07) is 23.1. The van der Waals surface area contributed by atoms with Gasteiger partial charge in [-0.1, -0.05) is 55.0 Å². The number of ketones is 1. The fraction of sp³-hybridized carbons (Fsp3) is 0.333. The van der Waals surface area contributed by atoms with Gasteiger partial charge in [0.05, 0.1) is 18.9 Å². The SMILES string of the molecule is COc1ccc(C(=O)COC(=O)CCCCCN2C(=O)[C@@H]3C4c5ccccc5C(c5ccccc54)[C@@H]3C2=O)cc1. The standard InChI is InChI=1S/C33H31NO6/c1-39-21-16-14-20(15-17-21)26(35)19-40-27(36)13-3-2-8-18-34-32(37)30-28-22-9-4-5-10-23(22)29(31(30)33(34)38)25-12-7-6-11-24(25)28/h4-7,9-12,14-17,28-31H,2-3,8,13,18-19H2,1H3/t28?,29?,30-,31+. The predicted molar refractivity (Wildman–Crippen MR) is 147 cm³/mol. The zero-order chi connectivity index (χ0) is 27.8. The van der Waals surface area contributed by atoms with E-state index in [4.69, 9.17) is 9.47 Å². The molecular weight excluding hydrogens is 506 g/mol. The Morgan fingerprint density at radius 2 is 1.25 bits per heavy atom. The first-order chi connectivity index (χ1) is 19.5. The van der Waals surface area contributed by atoms with Gasteiger partial charge in [-0.3, -0.25) is 24.1 Å². The van der Waals surface area contributed by atoms with Gasteiger partial charge in [0.25, 0.3) is 0 Å². The molecule has 2 bridgehead atoms. The second-order valence-corrected chi connectivity index (χ2v) is 10.7. The predicted octanol–water partition coefficient (Wildman–Crippen LogP) is 4.87. The highest BCUT2D eigenvalue weighted by molar-refractivity contribution is 6.07. The van der Waals surface area contributed by atoms with Crippen LogP contribution in [0.4, 0.5) is 0 Å². The molecule has 0 aromatic heterocycles. The van der Waals surface area contributed by atoms with Crippen LogP contribution in [0.25, 0.3) is 0 Å². The van der Waals surface area contributed by atoms with Gasteiger partial charge in [-0.15, -0.1) is 0 Å². The Morgan fingerprint density at radius 3 is 1.75 bits per heavy atom. The monoisotopic (exact) mass is 537 g/mol. The van der Waals surface area contributed by atoms with Crippen molar-refractivity contribution in [1.82, 2.24) is 4.90 Å². The van der Waals surface area contributed by atoms with E-state index in [2.05, 4.69) is 24.3 Å². The number of hydrogen-bond donors (Lipinski definition) is 0. The molecule has 7 nitrogen and oxygen atoms in total. The average Bonchev–Trinajstić information content (AvgIpc) is 3.25. The van der Waals surface area contributed by atoms with E-state index < -0.39 is 5.97 Å². The number of Topliss-reactive ketones (excluding diaryl/α,β-unsaturated/α-hetero) is 1. The van der Waals surface area contributed by atoms with Crippen molar-refractivity contribution in [2.24, 2.45) is 11.8 Å². The van der Waals surface area contributed by atoms with Crippen LogP contribution in [0.3, 0.4) is 0 Å². The van der Waals surface area contributed by atoms with Gasteiger partial charge in [-0.2, -0.15) is 0 Å². The molecule has 1 aliphatic heterocycles. The van der Waals surface area contributed by atoms with Crippen molar-refractivity contribution in [2.45, 2.75) is 37.5 Å². The Hall–Kier alpha value is -4.26. The van der Waals surface area contributed by atoms with Gasteiger partial charge in [0.1, 0.15) is 5.75 Å². The van der Waals surface area contributed by atoms with E-state index in [9.17, 15) is 19.2 Å². The molecule has 7 heteroatoms. The van der Waals surface area contributed by atoms with Crippen LogP contribution in [0.5, 0.6) is 5.75 Å². The summed E-state index contributed by atoms with van der Waals surface area (Å²) in [5.74, 6) is -1.14. The lowest BCUT2D eigenvalue weighted by Gasteiger charge is -2.45. The molecule has 40 heavy (non-hydrogen) atoms. The van der Waals surface area contributed by atoms with Gasteiger partial charge in [-0.25, -0.2) is 0 Å². The smallest absolute Gasteiger partial charge is 0.306 e. The number of likely N-dealkylation sites (tertiary alicyclic amines) is 1. The lowest BCUT2D eigenvalue weighted by atomic mass is 9.55. The number of nitrogens with zero attached hydrogens (tertiary/aromatic N) is 1. The quantitative estimate of drug-likeness (QED) is 0.159. The maximum Gasteiger partial charge on any atom is 0.306 e. The van der Waals surface area contributed by atoms with Gasteiger partial charge in [0, 0.05) is 30.4 Å². The number of unbranched alkanes of at least 4 members (excludes halogenated alkanes) is 2. The number of esters is 1. The minimum Gasteiger partial charge on any atom is -0.497 e. The van der Waals surface area contributed by atoms with Gasteiger partial charge in [-0.05, 0) is 59.4 Å². The van der Waals surface area contributed by atoms with Crippen LogP contribution in [0.2, 0.25) is 0 Å². The molecule has 0 spiro atoms. The summed E-state index contributed by atoms with van der Waals surface area (Å²) in [5, 5.41) is 0. The van der Waals surface area contributed by atoms with Gasteiger partial charge in [0.2, 0.25) is 11.8 Å². The number of methoxy groups -OCH3 is 1. The second-order valence-electron chi connectivity index (χ2n) is 10.7. The summed E-state index contributed by atoms with van der Waals surface area (Å²) >= 11 is 0. The van der Waals surface area contributed by atoms with Crippen molar-refractivity contribution < 1.29 is 28.7 Å². The van der Waals surface area contributed by atoms with E-state index in [1.165, 1.54) is 27.2 Å². The van der Waals surface area contributed by atoms with Crippen LogP contribution in [-0.2, 0) is 19.1 Å². The molecule has 0 N–H and O–H groups in total. The van der Waals surface area contributed by atoms with Crippen LogP contribution in [0.1, 0.15) is 70.1 Å². The third kappa shape index (κ3) is 4.39. The molecule has 2 amide bonds. The highest BCUT2D eigenvalue weighted by Gasteiger charge is 2.61. The van der Waals surface area contributed by atoms with Crippen LogP contribution in [-0.4, -0.2) is 48.7 Å². The molecule has 1 saturated heterocycles. The largest absolute Gasteiger partial charge is 0.497 e. The van der Waals surface area contributed by atoms with Crippen molar-refractivity contribution in [3.05, 3.63) is 101 Å². The first kappa shape index (κ1) is 26.0. The highest BCUT2D eigenvalue weighted by Crippen LogP contribution is 2.60. The molecule has 3 aromatic carbocycles. The summed E-state index contributed by atoms with van der Waals surface area (Å²) < 4.78 is 10.2. The summed E-state index contributed by atoms with van der Waals surface area (Å²) in [6.45, 7) is 0.0413. The molecule has 204 valence electrons. The Kier molecular flexibility index (Phi) is 6.96. The fourth-order valence-corrected chi connectivity index (χ4v) is 6.75. The first-order valence-corrected chi connectivity index (χ1v) is 13.9. The van der Waals surface area contributed by atoms with Crippen LogP contribution in [0.15, 0.2) is 72.8 Å². The lowest BCUT2D eigenvalue weighted by Crippen LogP contribution is -2.41. The van der Waals surface area contributed by atoms with E-state index in [1.807, 2.05) is 24.3 Å². The molecule has 7 rings (SSSR count). The van der Waals surface area contributed by atoms with Crippen molar-refractivity contribution in [3.63, 3.8) is 0 Å². The Balaban J connectivity index is 1.01. The van der Waals surface area contributed by atoms with Crippen molar-refractivity contribution in [2.75, 3.05) is 20.3 Å². The summed E-state index contributed by atoms with van der Waals surface area (Å²) in [6.07, 6.45) is 2.02. The van der Waals surface area contributed by atoms with Crippen LogP contribution < -0.4 is 4.74 Å². The lowest BCUT2D eigenvalue weighted by molar-refractivity contribution is -0.143. The van der Waals surface area contributed by atoms with Gasteiger partial charge < -0.3 is 9.47 Å².